The molecule has 0 atom stereocenters. The van der Waals surface area contributed by atoms with Crippen molar-refractivity contribution in [1.29, 1.82) is 0 Å². The molecule has 3 nitrogen and oxygen atoms in total. The lowest BCUT2D eigenvalue weighted by Crippen LogP contribution is -2.35. The Morgan fingerprint density at radius 3 is 2.47 bits per heavy atom. The van der Waals surface area contributed by atoms with Crippen molar-refractivity contribution >= 4 is 16.5 Å². The Hall–Kier alpha value is -0.610. The fourth-order valence-electron chi connectivity index (χ4n) is 3.07. The third-order valence-electron chi connectivity index (χ3n) is 4.62. The molecule has 0 radical (unpaired) electrons. The average molecular weight is 279 g/mol. The third-order valence-corrected chi connectivity index (χ3v) is 5.77. The lowest BCUT2D eigenvalue weighted by atomic mass is 9.87. The van der Waals surface area contributed by atoms with E-state index in [4.69, 9.17) is 10.7 Å². The Balaban J connectivity index is 1.69. The van der Waals surface area contributed by atoms with Gasteiger partial charge in [-0.25, -0.2) is 4.98 Å². The molecule has 2 heterocycles. The molecule has 0 spiro atoms. The molecule has 1 aromatic rings. The smallest absolute Gasteiger partial charge is 0.185 e. The zero-order valence-corrected chi connectivity index (χ0v) is 12.9. The highest BCUT2D eigenvalue weighted by molar-refractivity contribution is 7.15. The largest absolute Gasteiger partial charge is 0.348 e. The van der Waals surface area contributed by atoms with E-state index in [2.05, 4.69) is 18.7 Å². The van der Waals surface area contributed by atoms with Crippen molar-refractivity contribution in [3.05, 3.63) is 10.6 Å². The van der Waals surface area contributed by atoms with E-state index >= 15 is 0 Å². The lowest BCUT2D eigenvalue weighted by Gasteiger charge is -2.33. The summed E-state index contributed by atoms with van der Waals surface area (Å²) in [5, 5.41) is 1.23. The van der Waals surface area contributed by atoms with Crippen LogP contribution in [0.25, 0.3) is 0 Å². The van der Waals surface area contributed by atoms with Crippen LogP contribution in [0.4, 0.5) is 5.13 Å². The second kappa shape index (κ2) is 5.41. The molecule has 0 unspecified atom stereocenters. The van der Waals surface area contributed by atoms with Gasteiger partial charge in [0.05, 0.1) is 5.69 Å². The van der Waals surface area contributed by atoms with Gasteiger partial charge in [-0.2, -0.15) is 0 Å². The van der Waals surface area contributed by atoms with Gasteiger partial charge in [-0.05, 0) is 37.5 Å². The van der Waals surface area contributed by atoms with Crippen molar-refractivity contribution in [2.45, 2.75) is 52.0 Å². The first kappa shape index (κ1) is 13.4. The molecule has 3 rings (SSSR count). The van der Waals surface area contributed by atoms with Crippen molar-refractivity contribution in [2.24, 2.45) is 17.6 Å². The van der Waals surface area contributed by atoms with Gasteiger partial charge in [0.15, 0.2) is 5.13 Å². The number of thiazole rings is 1. The first-order valence-electron chi connectivity index (χ1n) is 7.63. The summed E-state index contributed by atoms with van der Waals surface area (Å²) < 4.78 is 0. The van der Waals surface area contributed by atoms with Crippen molar-refractivity contribution in [2.75, 3.05) is 18.0 Å². The van der Waals surface area contributed by atoms with Gasteiger partial charge < -0.3 is 10.6 Å². The summed E-state index contributed by atoms with van der Waals surface area (Å²) in [5.74, 6) is 2.44. The number of anilines is 1. The van der Waals surface area contributed by atoms with Crippen LogP contribution >= 0.6 is 11.3 Å². The molecule has 0 amide bonds. The number of nitrogens with zero attached hydrogens (tertiary/aromatic N) is 2. The molecule has 4 heteroatoms. The maximum Gasteiger partial charge on any atom is 0.185 e. The molecule has 2 aliphatic rings. The highest BCUT2D eigenvalue weighted by Crippen LogP contribution is 2.44. The highest BCUT2D eigenvalue weighted by atomic mass is 32.1. The van der Waals surface area contributed by atoms with E-state index in [0.29, 0.717) is 6.54 Å². The van der Waals surface area contributed by atoms with E-state index in [0.717, 1.165) is 17.8 Å². The van der Waals surface area contributed by atoms with E-state index in [-0.39, 0.29) is 0 Å². The van der Waals surface area contributed by atoms with E-state index in [1.54, 1.807) is 0 Å². The molecule has 19 heavy (non-hydrogen) atoms. The van der Waals surface area contributed by atoms with E-state index < -0.39 is 0 Å². The van der Waals surface area contributed by atoms with Crippen LogP contribution < -0.4 is 10.6 Å². The molecule has 1 saturated carbocycles. The summed E-state index contributed by atoms with van der Waals surface area (Å²) in [6, 6.07) is 0. The van der Waals surface area contributed by atoms with Crippen molar-refractivity contribution in [3.63, 3.8) is 0 Å². The van der Waals surface area contributed by atoms with Crippen LogP contribution in [0.2, 0.25) is 0 Å². The summed E-state index contributed by atoms with van der Waals surface area (Å²) in [5.41, 5.74) is 7.19. The minimum Gasteiger partial charge on any atom is -0.348 e. The number of nitrogens with two attached hydrogens (primary N) is 1. The number of aromatic nitrogens is 1. The molecule has 1 aliphatic heterocycles. The number of hydrogen-bond acceptors (Lipinski definition) is 4. The molecule has 1 aromatic heterocycles. The van der Waals surface area contributed by atoms with Crippen molar-refractivity contribution < 1.29 is 0 Å². The fourth-order valence-corrected chi connectivity index (χ4v) is 4.14. The Morgan fingerprint density at radius 1 is 1.26 bits per heavy atom. The van der Waals surface area contributed by atoms with Crippen LogP contribution in [0.15, 0.2) is 0 Å². The minimum absolute atomic E-state index is 0.659. The molecule has 106 valence electrons. The van der Waals surface area contributed by atoms with Gasteiger partial charge in [0.1, 0.15) is 0 Å². The summed E-state index contributed by atoms with van der Waals surface area (Å²) in [7, 11) is 0. The summed E-state index contributed by atoms with van der Waals surface area (Å²) >= 11 is 1.83. The fraction of sp³-hybridized carbons (Fsp3) is 0.800. The molecule has 0 aromatic carbocycles. The summed E-state index contributed by atoms with van der Waals surface area (Å²) in [6.45, 7) is 7.70. The first-order valence-corrected chi connectivity index (χ1v) is 8.45. The highest BCUT2D eigenvalue weighted by Gasteiger charge is 2.31. The quantitative estimate of drug-likeness (QED) is 0.919. The topological polar surface area (TPSA) is 42.2 Å². The van der Waals surface area contributed by atoms with Gasteiger partial charge >= 0.3 is 0 Å². The normalized spacial score (nSPS) is 21.4. The van der Waals surface area contributed by atoms with Gasteiger partial charge in [-0.15, -0.1) is 11.3 Å². The monoisotopic (exact) mass is 279 g/mol. The minimum atomic E-state index is 0.659. The Morgan fingerprint density at radius 2 is 1.95 bits per heavy atom. The predicted molar refractivity (Wildman–Crippen MR) is 81.8 cm³/mol. The van der Waals surface area contributed by atoms with Crippen LogP contribution in [-0.4, -0.2) is 18.1 Å². The van der Waals surface area contributed by atoms with Gasteiger partial charge in [0, 0.05) is 30.4 Å². The molecular weight excluding hydrogens is 254 g/mol. The molecular formula is C15H25N3S. The summed E-state index contributed by atoms with van der Waals surface area (Å²) in [6.07, 6.45) is 5.25. The molecule has 2 fully saturated rings. The summed E-state index contributed by atoms with van der Waals surface area (Å²) in [4.78, 5) is 8.70. The standard InChI is InChI=1S/C15H25N3S/c1-10(2)11-5-7-18(8-6-11)15-17-14(12-3-4-12)13(9-16)19-15/h10-12H,3-9,16H2,1-2H3. The predicted octanol–water partition coefficient (Wildman–Crippen LogP) is 3.35. The van der Waals surface area contributed by atoms with Crippen LogP contribution in [-0.2, 0) is 6.54 Å². The van der Waals surface area contributed by atoms with Gasteiger partial charge in [-0.1, -0.05) is 13.8 Å². The Bertz CT molecular complexity index is 429. The maximum absolute atomic E-state index is 5.87. The lowest BCUT2D eigenvalue weighted by molar-refractivity contribution is 0.311. The van der Waals surface area contributed by atoms with E-state index in [1.165, 1.54) is 54.5 Å². The van der Waals surface area contributed by atoms with Gasteiger partial charge in [-0.3, -0.25) is 0 Å². The number of rotatable bonds is 4. The SMILES string of the molecule is CC(C)C1CCN(c2nc(C3CC3)c(CN)s2)CC1. The maximum atomic E-state index is 5.87. The van der Waals surface area contributed by atoms with Crippen LogP contribution in [0, 0.1) is 11.8 Å². The van der Waals surface area contributed by atoms with Crippen LogP contribution in [0.3, 0.4) is 0 Å². The second-order valence-corrected chi connectivity index (χ2v) is 7.41. The van der Waals surface area contributed by atoms with Crippen LogP contribution in [0.1, 0.15) is 56.0 Å². The second-order valence-electron chi connectivity index (χ2n) is 6.35. The number of hydrogen-bond donors (Lipinski definition) is 1. The van der Waals surface area contributed by atoms with Gasteiger partial charge in [0.25, 0.3) is 0 Å². The molecule has 0 bridgehead atoms. The van der Waals surface area contributed by atoms with E-state index in [1.807, 2.05) is 11.3 Å². The number of piperidine rings is 1. The van der Waals surface area contributed by atoms with E-state index in [9.17, 15) is 0 Å². The third kappa shape index (κ3) is 2.79. The zero-order valence-electron chi connectivity index (χ0n) is 12.1. The Labute approximate surface area is 120 Å². The average Bonchev–Trinajstić information content (AvgIpc) is 3.18. The van der Waals surface area contributed by atoms with Gasteiger partial charge in [0.2, 0.25) is 0 Å². The Kier molecular flexibility index (Phi) is 3.81. The van der Waals surface area contributed by atoms with Crippen molar-refractivity contribution in [1.82, 2.24) is 4.98 Å². The molecule has 1 saturated heterocycles. The molecule has 2 N–H and O–H groups in total. The van der Waals surface area contributed by atoms with Crippen molar-refractivity contribution in [3.8, 4) is 0 Å². The van der Waals surface area contributed by atoms with Crippen LogP contribution in [0.5, 0.6) is 0 Å². The first-order chi connectivity index (χ1) is 9.19. The molecule has 1 aliphatic carbocycles. The zero-order chi connectivity index (χ0) is 13.4.